The van der Waals surface area contributed by atoms with Crippen molar-refractivity contribution in [2.24, 2.45) is 5.73 Å². The van der Waals surface area contributed by atoms with Crippen molar-refractivity contribution in [3.63, 3.8) is 0 Å². The van der Waals surface area contributed by atoms with Gasteiger partial charge in [-0.1, -0.05) is 42.0 Å². The molecule has 2 rings (SSSR count). The van der Waals surface area contributed by atoms with Gasteiger partial charge in [-0.15, -0.1) is 0 Å². The molecular weight excluding hydrogens is 263 g/mol. The predicted octanol–water partition coefficient (Wildman–Crippen LogP) is 4.26. The van der Waals surface area contributed by atoms with Gasteiger partial charge in [0.2, 0.25) is 0 Å². The van der Waals surface area contributed by atoms with Crippen molar-refractivity contribution in [1.82, 2.24) is 0 Å². The minimum absolute atomic E-state index is 0.216. The van der Waals surface area contributed by atoms with Crippen molar-refractivity contribution in [3.8, 4) is 0 Å². The molecule has 4 heteroatoms. The molecule has 0 radical (unpaired) electrons. The molecule has 1 nitrogen and oxygen atoms in total. The van der Waals surface area contributed by atoms with Crippen LogP contribution in [0.3, 0.4) is 0 Å². The molecule has 2 aromatic carbocycles. The first-order valence-electron chi connectivity index (χ1n) is 6.34. The largest absolute Gasteiger partial charge is 0.416 e. The molecule has 1 atom stereocenters. The zero-order valence-electron chi connectivity index (χ0n) is 11.1. The fraction of sp³-hybridized carbons (Fsp3) is 0.250. The molecular formula is C16H16F3N. The summed E-state index contributed by atoms with van der Waals surface area (Å²) in [4.78, 5) is 0. The average Bonchev–Trinajstić information content (AvgIpc) is 2.38. The Labute approximate surface area is 116 Å². The van der Waals surface area contributed by atoms with E-state index in [0.29, 0.717) is 6.42 Å². The quantitative estimate of drug-likeness (QED) is 0.892. The van der Waals surface area contributed by atoms with Gasteiger partial charge in [-0.25, -0.2) is 0 Å². The highest BCUT2D eigenvalue weighted by Gasteiger charge is 2.29. The van der Waals surface area contributed by atoms with E-state index >= 15 is 0 Å². The van der Waals surface area contributed by atoms with Crippen LogP contribution in [0.1, 0.15) is 28.3 Å². The fourth-order valence-corrected chi connectivity index (χ4v) is 2.10. The summed E-state index contributed by atoms with van der Waals surface area (Å²) in [6, 6.07) is 12.8. The van der Waals surface area contributed by atoms with E-state index in [2.05, 4.69) is 0 Å². The highest BCUT2D eigenvalue weighted by molar-refractivity contribution is 5.29. The Bertz CT molecular complexity index is 573. The van der Waals surface area contributed by atoms with Crippen LogP contribution in [0.4, 0.5) is 13.2 Å². The maximum absolute atomic E-state index is 12.5. The van der Waals surface area contributed by atoms with Gasteiger partial charge in [-0.2, -0.15) is 13.2 Å². The molecule has 0 aliphatic heterocycles. The van der Waals surface area contributed by atoms with Gasteiger partial charge in [-0.3, -0.25) is 0 Å². The molecule has 2 N–H and O–H groups in total. The molecule has 0 fully saturated rings. The molecule has 0 amide bonds. The van der Waals surface area contributed by atoms with Crippen molar-refractivity contribution >= 4 is 0 Å². The van der Waals surface area contributed by atoms with Crippen LogP contribution in [-0.2, 0) is 12.6 Å². The summed E-state index contributed by atoms with van der Waals surface area (Å²) >= 11 is 0. The molecule has 0 aromatic heterocycles. The number of hydrogen-bond donors (Lipinski definition) is 1. The Morgan fingerprint density at radius 2 is 1.70 bits per heavy atom. The lowest BCUT2D eigenvalue weighted by Crippen LogP contribution is -2.13. The van der Waals surface area contributed by atoms with Crippen LogP contribution in [0.15, 0.2) is 48.5 Å². The monoisotopic (exact) mass is 279 g/mol. The molecule has 0 spiro atoms. The van der Waals surface area contributed by atoms with Crippen molar-refractivity contribution < 1.29 is 13.2 Å². The summed E-state index contributed by atoms with van der Waals surface area (Å²) in [5.41, 5.74) is 8.37. The summed E-state index contributed by atoms with van der Waals surface area (Å²) < 4.78 is 37.4. The third kappa shape index (κ3) is 3.61. The molecule has 0 aliphatic rings. The van der Waals surface area contributed by atoms with E-state index in [1.54, 1.807) is 0 Å². The standard InChI is InChI=1S/C16H16F3N/c1-11-3-2-4-13(9-11)15(20)10-12-5-7-14(8-6-12)16(17,18)19/h2-9,15H,10,20H2,1H3. The van der Waals surface area contributed by atoms with Crippen LogP contribution in [0.25, 0.3) is 0 Å². The first kappa shape index (κ1) is 14.6. The maximum Gasteiger partial charge on any atom is 0.416 e. The van der Waals surface area contributed by atoms with E-state index in [1.165, 1.54) is 12.1 Å². The predicted molar refractivity (Wildman–Crippen MR) is 73.3 cm³/mol. The van der Waals surface area contributed by atoms with Crippen LogP contribution in [0.5, 0.6) is 0 Å². The Morgan fingerprint density at radius 1 is 1.05 bits per heavy atom. The van der Waals surface area contributed by atoms with Crippen LogP contribution in [-0.4, -0.2) is 0 Å². The van der Waals surface area contributed by atoms with E-state index < -0.39 is 11.7 Å². The third-order valence-corrected chi connectivity index (χ3v) is 3.21. The lowest BCUT2D eigenvalue weighted by atomic mass is 9.98. The molecule has 0 saturated carbocycles. The maximum atomic E-state index is 12.5. The van der Waals surface area contributed by atoms with Gasteiger partial charge in [0.15, 0.2) is 0 Å². The van der Waals surface area contributed by atoms with Crippen molar-refractivity contribution in [2.75, 3.05) is 0 Å². The van der Waals surface area contributed by atoms with Gasteiger partial charge >= 0.3 is 6.18 Å². The number of alkyl halides is 3. The van der Waals surface area contributed by atoms with Gasteiger partial charge in [0.1, 0.15) is 0 Å². The fourth-order valence-electron chi connectivity index (χ4n) is 2.10. The molecule has 0 aliphatic carbocycles. The lowest BCUT2D eigenvalue weighted by Gasteiger charge is -2.13. The normalized spacial score (nSPS) is 13.2. The first-order valence-corrected chi connectivity index (χ1v) is 6.34. The van der Waals surface area contributed by atoms with Crippen LogP contribution < -0.4 is 5.73 Å². The van der Waals surface area contributed by atoms with E-state index in [1.807, 2.05) is 31.2 Å². The Hall–Kier alpha value is -1.81. The Kier molecular flexibility index (Phi) is 4.14. The number of halogens is 3. The number of nitrogens with two attached hydrogens (primary N) is 1. The van der Waals surface area contributed by atoms with Gasteiger partial charge in [0, 0.05) is 6.04 Å². The van der Waals surface area contributed by atoms with Gasteiger partial charge in [-0.05, 0) is 36.6 Å². The van der Waals surface area contributed by atoms with Crippen LogP contribution in [0.2, 0.25) is 0 Å². The number of rotatable bonds is 3. The zero-order valence-corrected chi connectivity index (χ0v) is 11.1. The third-order valence-electron chi connectivity index (χ3n) is 3.21. The SMILES string of the molecule is Cc1cccc(C(N)Cc2ccc(C(F)(F)F)cc2)c1. The zero-order chi connectivity index (χ0) is 14.8. The van der Waals surface area contributed by atoms with E-state index in [4.69, 9.17) is 5.73 Å². The van der Waals surface area contributed by atoms with Crippen molar-refractivity contribution in [2.45, 2.75) is 25.6 Å². The van der Waals surface area contributed by atoms with Crippen LogP contribution in [0, 0.1) is 6.92 Å². The summed E-state index contributed by atoms with van der Waals surface area (Å²) in [6.45, 7) is 1.98. The van der Waals surface area contributed by atoms with Crippen molar-refractivity contribution in [3.05, 3.63) is 70.8 Å². The summed E-state index contributed by atoms with van der Waals surface area (Å²) in [5.74, 6) is 0. The second-order valence-corrected chi connectivity index (χ2v) is 4.92. The first-order chi connectivity index (χ1) is 9.36. The summed E-state index contributed by atoms with van der Waals surface area (Å²) in [7, 11) is 0. The molecule has 20 heavy (non-hydrogen) atoms. The molecule has 0 heterocycles. The molecule has 0 saturated heterocycles. The Morgan fingerprint density at radius 3 is 2.25 bits per heavy atom. The molecule has 1 unspecified atom stereocenters. The molecule has 0 bridgehead atoms. The highest BCUT2D eigenvalue weighted by Crippen LogP contribution is 2.29. The number of benzene rings is 2. The topological polar surface area (TPSA) is 26.0 Å². The van der Waals surface area contributed by atoms with E-state index in [0.717, 1.165) is 28.8 Å². The van der Waals surface area contributed by atoms with Gasteiger partial charge in [0.05, 0.1) is 5.56 Å². The highest BCUT2D eigenvalue weighted by atomic mass is 19.4. The minimum Gasteiger partial charge on any atom is -0.324 e. The van der Waals surface area contributed by atoms with E-state index in [9.17, 15) is 13.2 Å². The van der Waals surface area contributed by atoms with E-state index in [-0.39, 0.29) is 6.04 Å². The second-order valence-electron chi connectivity index (χ2n) is 4.92. The molecule has 106 valence electrons. The average molecular weight is 279 g/mol. The minimum atomic E-state index is -4.29. The Balaban J connectivity index is 2.10. The number of aryl methyl sites for hydroxylation is 1. The van der Waals surface area contributed by atoms with Gasteiger partial charge < -0.3 is 5.73 Å². The van der Waals surface area contributed by atoms with Crippen molar-refractivity contribution in [1.29, 1.82) is 0 Å². The lowest BCUT2D eigenvalue weighted by molar-refractivity contribution is -0.137. The van der Waals surface area contributed by atoms with Crippen LogP contribution >= 0.6 is 0 Å². The molecule has 2 aromatic rings. The summed E-state index contributed by atoms with van der Waals surface area (Å²) in [5, 5.41) is 0. The van der Waals surface area contributed by atoms with Gasteiger partial charge in [0.25, 0.3) is 0 Å². The smallest absolute Gasteiger partial charge is 0.324 e. The number of hydrogen-bond acceptors (Lipinski definition) is 1. The summed E-state index contributed by atoms with van der Waals surface area (Å²) in [6.07, 6.45) is -3.78. The second kappa shape index (κ2) is 5.67.